The van der Waals surface area contributed by atoms with Crippen molar-refractivity contribution in [1.82, 2.24) is 0 Å². The van der Waals surface area contributed by atoms with Gasteiger partial charge in [-0.25, -0.2) is 0 Å². The molecule has 78 valence electrons. The third kappa shape index (κ3) is 0.830. The largest absolute Gasteiger partial charge is 0.466 e. The first kappa shape index (κ1) is 9.69. The number of carbonyl (C=O) groups excluding carboxylic acids is 2. The monoisotopic (exact) mass is 196 g/mol. The maximum Gasteiger partial charge on any atom is 0.310 e. The molecule has 2 aliphatic rings. The molecule has 0 aromatic carbocycles. The van der Waals surface area contributed by atoms with Crippen molar-refractivity contribution in [3.8, 4) is 0 Å². The van der Waals surface area contributed by atoms with Gasteiger partial charge in [-0.1, -0.05) is 13.8 Å². The number of rotatable bonds is 2. The maximum absolute atomic E-state index is 11.7. The minimum atomic E-state index is -0.417. The number of hydrogen-bond donors (Lipinski definition) is 0. The molecule has 0 aromatic rings. The second-order valence-electron chi connectivity index (χ2n) is 4.73. The lowest BCUT2D eigenvalue weighted by Crippen LogP contribution is -2.18. The lowest BCUT2D eigenvalue weighted by molar-refractivity contribution is -0.147. The predicted octanol–water partition coefficient (Wildman–Crippen LogP) is 1.55. The third-order valence-electron chi connectivity index (χ3n) is 4.29. The van der Waals surface area contributed by atoms with E-state index in [2.05, 4.69) is 0 Å². The van der Waals surface area contributed by atoms with Gasteiger partial charge in [-0.2, -0.15) is 0 Å². The number of ketones is 1. The Morgan fingerprint density at radius 3 is 2.64 bits per heavy atom. The van der Waals surface area contributed by atoms with Gasteiger partial charge in [0.2, 0.25) is 0 Å². The second-order valence-corrected chi connectivity index (χ2v) is 4.73. The summed E-state index contributed by atoms with van der Waals surface area (Å²) >= 11 is 0. The summed E-state index contributed by atoms with van der Waals surface area (Å²) in [5.74, 6) is -0.139. The molecule has 0 bridgehead atoms. The molecular weight excluding hydrogens is 180 g/mol. The van der Waals surface area contributed by atoms with Crippen molar-refractivity contribution < 1.29 is 14.3 Å². The predicted molar refractivity (Wildman–Crippen MR) is 50.6 cm³/mol. The van der Waals surface area contributed by atoms with Crippen LogP contribution in [0.25, 0.3) is 0 Å². The molecular formula is C11H16O3. The molecule has 0 spiro atoms. The van der Waals surface area contributed by atoms with E-state index in [4.69, 9.17) is 4.74 Å². The first-order chi connectivity index (χ1) is 6.48. The van der Waals surface area contributed by atoms with E-state index in [9.17, 15) is 9.59 Å². The van der Waals surface area contributed by atoms with Crippen molar-refractivity contribution in [2.24, 2.45) is 16.7 Å². The van der Waals surface area contributed by atoms with Gasteiger partial charge >= 0.3 is 5.97 Å². The second kappa shape index (κ2) is 2.59. The number of ether oxygens (including phenoxy) is 1. The number of hydrogen-bond acceptors (Lipinski definition) is 3. The van der Waals surface area contributed by atoms with Crippen LogP contribution in [0.1, 0.15) is 33.6 Å². The molecule has 0 saturated heterocycles. The fraction of sp³-hybridized carbons (Fsp3) is 0.818. The summed E-state index contributed by atoms with van der Waals surface area (Å²) < 4.78 is 4.99. The molecule has 3 atom stereocenters. The summed E-state index contributed by atoms with van der Waals surface area (Å²) in [5.41, 5.74) is -0.532. The van der Waals surface area contributed by atoms with Crippen LogP contribution in [0.3, 0.4) is 0 Å². The molecule has 0 aliphatic heterocycles. The van der Waals surface area contributed by atoms with Crippen molar-refractivity contribution >= 4 is 11.8 Å². The Hall–Kier alpha value is -0.860. The van der Waals surface area contributed by atoms with Crippen LogP contribution in [0.2, 0.25) is 0 Å². The minimum absolute atomic E-state index is 0.115. The maximum atomic E-state index is 11.7. The normalized spacial score (nSPS) is 44.8. The summed E-state index contributed by atoms with van der Waals surface area (Å²) in [6.07, 6.45) is 1.47. The van der Waals surface area contributed by atoms with Crippen LogP contribution in [0.15, 0.2) is 0 Å². The molecule has 0 N–H and O–H groups in total. The molecule has 0 amide bonds. The van der Waals surface area contributed by atoms with Gasteiger partial charge in [0.15, 0.2) is 0 Å². The van der Waals surface area contributed by atoms with E-state index in [0.717, 1.165) is 6.42 Å². The Labute approximate surface area is 83.8 Å². The van der Waals surface area contributed by atoms with Gasteiger partial charge in [0.05, 0.1) is 12.5 Å². The van der Waals surface area contributed by atoms with Crippen molar-refractivity contribution in [3.05, 3.63) is 0 Å². The average molecular weight is 196 g/mol. The molecule has 0 heterocycles. The lowest BCUT2D eigenvalue weighted by atomic mass is 10.0. The van der Waals surface area contributed by atoms with Gasteiger partial charge in [-0.3, -0.25) is 9.59 Å². The van der Waals surface area contributed by atoms with Gasteiger partial charge in [-0.05, 0) is 18.8 Å². The first-order valence-corrected chi connectivity index (χ1v) is 5.18. The number of fused-ring (bicyclic) bond motifs is 1. The van der Waals surface area contributed by atoms with Crippen LogP contribution >= 0.6 is 0 Å². The van der Waals surface area contributed by atoms with Crippen molar-refractivity contribution in [2.45, 2.75) is 33.6 Å². The fourth-order valence-electron chi connectivity index (χ4n) is 3.11. The first-order valence-electron chi connectivity index (χ1n) is 5.18. The highest BCUT2D eigenvalue weighted by molar-refractivity contribution is 5.99. The van der Waals surface area contributed by atoms with E-state index in [1.807, 2.05) is 13.8 Å². The van der Waals surface area contributed by atoms with E-state index in [0.29, 0.717) is 13.0 Å². The summed E-state index contributed by atoms with van der Waals surface area (Å²) in [6, 6.07) is 0. The molecule has 2 rings (SSSR count). The number of carbonyl (C=O) groups is 2. The van der Waals surface area contributed by atoms with E-state index < -0.39 is 5.41 Å². The Morgan fingerprint density at radius 2 is 2.21 bits per heavy atom. The van der Waals surface area contributed by atoms with Gasteiger partial charge < -0.3 is 4.74 Å². The quantitative estimate of drug-likeness (QED) is 0.629. The van der Waals surface area contributed by atoms with Crippen molar-refractivity contribution in [2.75, 3.05) is 6.61 Å². The van der Waals surface area contributed by atoms with E-state index >= 15 is 0 Å². The summed E-state index contributed by atoms with van der Waals surface area (Å²) in [4.78, 5) is 23.3. The Morgan fingerprint density at radius 1 is 1.57 bits per heavy atom. The molecule has 2 saturated carbocycles. The fourth-order valence-corrected chi connectivity index (χ4v) is 3.11. The molecule has 0 unspecified atom stereocenters. The molecule has 2 fully saturated rings. The molecule has 3 heteroatoms. The van der Waals surface area contributed by atoms with Crippen LogP contribution in [0.5, 0.6) is 0 Å². The van der Waals surface area contributed by atoms with Gasteiger partial charge in [-0.15, -0.1) is 0 Å². The van der Waals surface area contributed by atoms with Crippen molar-refractivity contribution in [3.63, 3.8) is 0 Å². The van der Waals surface area contributed by atoms with Crippen LogP contribution in [0, 0.1) is 16.7 Å². The Bertz CT molecular complexity index is 310. The zero-order chi connectivity index (χ0) is 10.6. The smallest absolute Gasteiger partial charge is 0.310 e. The van der Waals surface area contributed by atoms with E-state index in [1.54, 1.807) is 6.92 Å². The number of esters is 1. The van der Waals surface area contributed by atoms with E-state index in [-0.39, 0.29) is 23.1 Å². The Kier molecular flexibility index (Phi) is 1.79. The Balaban J connectivity index is 2.20. The van der Waals surface area contributed by atoms with Gasteiger partial charge in [0, 0.05) is 11.8 Å². The van der Waals surface area contributed by atoms with Crippen LogP contribution in [-0.4, -0.2) is 18.4 Å². The van der Waals surface area contributed by atoms with Crippen LogP contribution in [0.4, 0.5) is 0 Å². The van der Waals surface area contributed by atoms with E-state index in [1.165, 1.54) is 0 Å². The lowest BCUT2D eigenvalue weighted by Gasteiger charge is -2.07. The summed E-state index contributed by atoms with van der Waals surface area (Å²) in [5, 5.41) is 0. The number of Topliss-reactive ketones (excluding diaryl/α,β-unsaturated/α-hetero) is 1. The molecule has 0 aromatic heterocycles. The molecule has 3 nitrogen and oxygen atoms in total. The molecule has 0 radical (unpaired) electrons. The van der Waals surface area contributed by atoms with Crippen LogP contribution in [-0.2, 0) is 14.3 Å². The SMILES string of the molecule is CCOC(=O)[C@@H]1[C@]2(C)CCC(=O)[C@]12C. The third-order valence-corrected chi connectivity index (χ3v) is 4.29. The zero-order valence-corrected chi connectivity index (χ0v) is 8.92. The minimum Gasteiger partial charge on any atom is -0.466 e. The highest BCUT2D eigenvalue weighted by atomic mass is 16.5. The van der Waals surface area contributed by atoms with Crippen molar-refractivity contribution in [1.29, 1.82) is 0 Å². The topological polar surface area (TPSA) is 43.4 Å². The standard InChI is InChI=1S/C11H16O3/c1-4-14-9(13)8-10(2)6-5-7(12)11(8,10)3/h8H,4-6H2,1-3H3/t8-,10+,11-/m1/s1. The molecule has 2 aliphatic carbocycles. The highest BCUT2D eigenvalue weighted by Gasteiger charge is 2.80. The highest BCUT2D eigenvalue weighted by Crippen LogP contribution is 2.75. The van der Waals surface area contributed by atoms with Crippen LogP contribution < -0.4 is 0 Å². The zero-order valence-electron chi connectivity index (χ0n) is 8.92. The molecule has 14 heavy (non-hydrogen) atoms. The van der Waals surface area contributed by atoms with Gasteiger partial charge in [0.1, 0.15) is 5.78 Å². The summed E-state index contributed by atoms with van der Waals surface area (Å²) in [7, 11) is 0. The average Bonchev–Trinajstić information content (AvgIpc) is 2.53. The van der Waals surface area contributed by atoms with Gasteiger partial charge in [0.25, 0.3) is 0 Å². The summed E-state index contributed by atoms with van der Waals surface area (Å²) in [6.45, 7) is 6.13.